The Balaban J connectivity index is 1.95. The molecule has 2 atom stereocenters. The van der Waals surface area contributed by atoms with Gasteiger partial charge >= 0.3 is 5.97 Å². The Labute approximate surface area is 185 Å². The number of thioether (sulfide) groups is 1. The zero-order chi connectivity index (χ0) is 22.1. The van der Waals surface area contributed by atoms with Gasteiger partial charge in [0.15, 0.2) is 5.92 Å². The lowest BCUT2D eigenvalue weighted by molar-refractivity contribution is -0.146. The zero-order valence-corrected chi connectivity index (χ0v) is 17.9. The molecule has 160 valence electrons. The van der Waals surface area contributed by atoms with Crippen LogP contribution in [0.5, 0.6) is 5.75 Å². The van der Waals surface area contributed by atoms with E-state index in [9.17, 15) is 15.2 Å². The molecular formula is C23H23N3O4S. The molecule has 0 aliphatic rings. The second-order valence-electron chi connectivity index (χ2n) is 6.55. The van der Waals surface area contributed by atoms with Crippen molar-refractivity contribution in [2.45, 2.75) is 18.8 Å². The molecule has 7 nitrogen and oxygen atoms in total. The monoisotopic (exact) mass is 437 g/mol. The van der Waals surface area contributed by atoms with Crippen molar-refractivity contribution in [1.82, 2.24) is 9.97 Å². The molecule has 2 heterocycles. The molecule has 31 heavy (non-hydrogen) atoms. The number of carbonyl (C=O) groups is 1. The fraction of sp³-hybridized carbons (Fsp3) is 0.304. The summed E-state index contributed by atoms with van der Waals surface area (Å²) < 4.78 is 11.0. The topological polar surface area (TPSA) is 105 Å². The summed E-state index contributed by atoms with van der Waals surface area (Å²) in [5.41, 5.74) is 1.98. The SMILES string of the molecule is CCOC(=O)C(C#N)C(SCCO)c1ccc2cccc(OCc3ccccn3)c2n1. The van der Waals surface area contributed by atoms with Gasteiger partial charge in [-0.3, -0.25) is 9.78 Å². The summed E-state index contributed by atoms with van der Waals surface area (Å²) in [7, 11) is 0. The van der Waals surface area contributed by atoms with Gasteiger partial charge in [0.2, 0.25) is 0 Å². The van der Waals surface area contributed by atoms with E-state index in [4.69, 9.17) is 14.5 Å². The number of esters is 1. The van der Waals surface area contributed by atoms with E-state index >= 15 is 0 Å². The highest BCUT2D eigenvalue weighted by molar-refractivity contribution is 7.99. The number of fused-ring (bicyclic) bond motifs is 1. The molecule has 0 bridgehead atoms. The zero-order valence-electron chi connectivity index (χ0n) is 17.1. The lowest BCUT2D eigenvalue weighted by Crippen LogP contribution is -2.23. The summed E-state index contributed by atoms with van der Waals surface area (Å²) in [6, 6.07) is 17.0. The van der Waals surface area contributed by atoms with Gasteiger partial charge in [0.25, 0.3) is 0 Å². The second kappa shape index (κ2) is 11.3. The van der Waals surface area contributed by atoms with Crippen LogP contribution in [0.3, 0.4) is 0 Å². The van der Waals surface area contributed by atoms with Gasteiger partial charge in [-0.25, -0.2) is 4.98 Å². The van der Waals surface area contributed by atoms with Crippen molar-refractivity contribution in [3.05, 3.63) is 66.1 Å². The molecule has 0 saturated carbocycles. The predicted octanol–water partition coefficient (Wildman–Crippen LogP) is 3.68. The van der Waals surface area contributed by atoms with Gasteiger partial charge in [-0.15, -0.1) is 11.8 Å². The maximum atomic E-state index is 12.4. The van der Waals surface area contributed by atoms with Crippen molar-refractivity contribution in [2.24, 2.45) is 5.92 Å². The summed E-state index contributed by atoms with van der Waals surface area (Å²) in [6.45, 7) is 2.10. The lowest BCUT2D eigenvalue weighted by Gasteiger charge is -2.20. The van der Waals surface area contributed by atoms with E-state index < -0.39 is 17.1 Å². The standard InChI is InChI=1S/C23H23N3O4S/c1-2-29-23(28)18(14-24)22(31-13-12-27)19-10-9-16-6-5-8-20(21(16)26-19)30-15-17-7-3-4-11-25-17/h3-11,18,22,27H,2,12-13,15H2,1H3. The van der Waals surface area contributed by atoms with E-state index in [0.717, 1.165) is 11.1 Å². The summed E-state index contributed by atoms with van der Waals surface area (Å²) in [6.07, 6.45) is 1.71. The molecule has 8 heteroatoms. The maximum Gasteiger partial charge on any atom is 0.324 e. The summed E-state index contributed by atoms with van der Waals surface area (Å²) in [4.78, 5) is 21.4. The number of aliphatic hydroxyl groups excluding tert-OH is 1. The Morgan fingerprint density at radius 1 is 1.23 bits per heavy atom. The van der Waals surface area contributed by atoms with Gasteiger partial charge in [0.1, 0.15) is 17.9 Å². The number of rotatable bonds is 10. The van der Waals surface area contributed by atoms with Crippen LogP contribution in [0.25, 0.3) is 10.9 Å². The molecule has 0 spiro atoms. The Morgan fingerprint density at radius 2 is 2.10 bits per heavy atom. The minimum absolute atomic E-state index is 0.0752. The first-order valence-electron chi connectivity index (χ1n) is 9.89. The van der Waals surface area contributed by atoms with Crippen LogP contribution in [0.2, 0.25) is 0 Å². The molecule has 0 aliphatic carbocycles. The van der Waals surface area contributed by atoms with E-state index in [0.29, 0.717) is 22.7 Å². The van der Waals surface area contributed by atoms with Crippen LogP contribution in [-0.2, 0) is 16.1 Å². The van der Waals surface area contributed by atoms with Gasteiger partial charge in [0, 0.05) is 17.3 Å². The van der Waals surface area contributed by atoms with E-state index in [1.165, 1.54) is 11.8 Å². The number of aliphatic hydroxyl groups is 1. The summed E-state index contributed by atoms with van der Waals surface area (Å²) in [5.74, 6) is -0.689. The molecule has 0 amide bonds. The smallest absolute Gasteiger partial charge is 0.324 e. The number of hydrogen-bond donors (Lipinski definition) is 1. The lowest BCUT2D eigenvalue weighted by atomic mass is 10.0. The molecule has 0 aliphatic heterocycles. The summed E-state index contributed by atoms with van der Waals surface area (Å²) >= 11 is 1.30. The van der Waals surface area contributed by atoms with Crippen LogP contribution in [0.15, 0.2) is 54.7 Å². The Hall–Kier alpha value is -3.15. The van der Waals surface area contributed by atoms with Crippen LogP contribution >= 0.6 is 11.8 Å². The number of carbonyl (C=O) groups excluding carboxylic acids is 1. The molecule has 0 fully saturated rings. The molecule has 0 saturated heterocycles. The van der Waals surface area contributed by atoms with Crippen molar-refractivity contribution >= 4 is 28.6 Å². The van der Waals surface area contributed by atoms with Crippen molar-refractivity contribution in [1.29, 1.82) is 5.26 Å². The van der Waals surface area contributed by atoms with E-state index in [-0.39, 0.29) is 19.8 Å². The molecule has 2 aromatic heterocycles. The van der Waals surface area contributed by atoms with Crippen molar-refractivity contribution in [3.8, 4) is 11.8 Å². The second-order valence-corrected chi connectivity index (χ2v) is 7.80. The number of aromatic nitrogens is 2. The first kappa shape index (κ1) is 22.5. The molecule has 2 unspecified atom stereocenters. The van der Waals surface area contributed by atoms with Gasteiger partial charge in [-0.05, 0) is 31.2 Å². The molecule has 3 aromatic rings. The number of pyridine rings is 2. The number of nitrogens with zero attached hydrogens (tertiary/aromatic N) is 3. The molecule has 1 aromatic carbocycles. The van der Waals surface area contributed by atoms with Gasteiger partial charge in [-0.2, -0.15) is 5.26 Å². The van der Waals surface area contributed by atoms with Crippen LogP contribution in [0, 0.1) is 17.2 Å². The highest BCUT2D eigenvalue weighted by Gasteiger charge is 2.32. The minimum Gasteiger partial charge on any atom is -0.485 e. The Kier molecular flexibility index (Phi) is 8.21. The number of para-hydroxylation sites is 1. The van der Waals surface area contributed by atoms with Gasteiger partial charge < -0.3 is 14.6 Å². The predicted molar refractivity (Wildman–Crippen MR) is 118 cm³/mol. The number of benzene rings is 1. The molecular weight excluding hydrogens is 414 g/mol. The fourth-order valence-electron chi connectivity index (χ4n) is 3.05. The first-order valence-corrected chi connectivity index (χ1v) is 10.9. The quantitative estimate of drug-likeness (QED) is 0.479. The van der Waals surface area contributed by atoms with Crippen LogP contribution in [0.1, 0.15) is 23.6 Å². The fourth-order valence-corrected chi connectivity index (χ4v) is 4.08. The van der Waals surface area contributed by atoms with Crippen molar-refractivity contribution in [2.75, 3.05) is 19.0 Å². The highest BCUT2D eigenvalue weighted by Crippen LogP contribution is 2.37. The van der Waals surface area contributed by atoms with E-state index in [2.05, 4.69) is 4.98 Å². The number of hydrogen-bond acceptors (Lipinski definition) is 8. The van der Waals surface area contributed by atoms with Gasteiger partial charge in [-0.1, -0.05) is 24.3 Å². The Morgan fingerprint density at radius 3 is 2.81 bits per heavy atom. The third-order valence-electron chi connectivity index (χ3n) is 4.47. The van der Waals surface area contributed by atoms with E-state index in [1.807, 2.05) is 48.5 Å². The minimum atomic E-state index is -1.04. The summed E-state index contributed by atoms with van der Waals surface area (Å²) in [5, 5.41) is 19.2. The van der Waals surface area contributed by atoms with Crippen LogP contribution in [-0.4, -0.2) is 40.0 Å². The molecule has 0 radical (unpaired) electrons. The number of nitriles is 1. The maximum absolute atomic E-state index is 12.4. The van der Waals surface area contributed by atoms with Gasteiger partial charge in [0.05, 0.1) is 35.9 Å². The molecule has 1 N–H and O–H groups in total. The average Bonchev–Trinajstić information content (AvgIpc) is 2.81. The van der Waals surface area contributed by atoms with E-state index in [1.54, 1.807) is 19.2 Å². The largest absolute Gasteiger partial charge is 0.485 e. The Bertz CT molecular complexity index is 1060. The van der Waals surface area contributed by atoms with Crippen LogP contribution in [0.4, 0.5) is 0 Å². The normalized spacial score (nSPS) is 12.7. The average molecular weight is 438 g/mol. The highest BCUT2D eigenvalue weighted by atomic mass is 32.2. The number of ether oxygens (including phenoxy) is 2. The molecule has 3 rings (SSSR count). The van der Waals surface area contributed by atoms with Crippen LogP contribution < -0.4 is 4.74 Å². The first-order chi connectivity index (χ1) is 15.2. The van der Waals surface area contributed by atoms with Crippen molar-refractivity contribution < 1.29 is 19.4 Å². The third kappa shape index (κ3) is 5.72. The van der Waals surface area contributed by atoms with Crippen molar-refractivity contribution in [3.63, 3.8) is 0 Å². The third-order valence-corrected chi connectivity index (χ3v) is 5.76.